The van der Waals surface area contributed by atoms with Gasteiger partial charge in [0.25, 0.3) is 0 Å². The molecule has 0 saturated carbocycles. The van der Waals surface area contributed by atoms with E-state index >= 15 is 0 Å². The van der Waals surface area contributed by atoms with Gasteiger partial charge in [-0.15, -0.1) is 0 Å². The molecule has 0 aliphatic rings. The monoisotopic (exact) mass is 301 g/mol. The fourth-order valence-electron chi connectivity index (χ4n) is 1.70. The highest BCUT2D eigenvalue weighted by Gasteiger charge is 2.15. The molecule has 1 atom stereocenters. The van der Waals surface area contributed by atoms with Gasteiger partial charge in [-0.05, 0) is 32.0 Å². The molecular weight excluding hydrogens is 278 g/mol. The van der Waals surface area contributed by atoms with E-state index in [1.54, 1.807) is 13.0 Å². The molecule has 6 nitrogen and oxygen atoms in total. The Labute approximate surface area is 120 Å². The van der Waals surface area contributed by atoms with E-state index in [2.05, 4.69) is 10.0 Å². The number of hydrogen-bond donors (Lipinski definition) is 3. The molecule has 0 fully saturated rings. The van der Waals surface area contributed by atoms with Gasteiger partial charge >= 0.3 is 0 Å². The van der Waals surface area contributed by atoms with Gasteiger partial charge in [-0.1, -0.05) is 6.92 Å². The summed E-state index contributed by atoms with van der Waals surface area (Å²) < 4.78 is 31.7. The van der Waals surface area contributed by atoms with Gasteiger partial charge < -0.3 is 15.8 Å². The molecule has 0 spiro atoms. The first-order valence-corrected chi connectivity index (χ1v) is 8.12. The molecule has 0 saturated heterocycles. The average molecular weight is 301 g/mol. The number of sulfonamides is 1. The highest BCUT2D eigenvalue weighted by atomic mass is 32.2. The molecule has 1 rings (SSSR count). The second kappa shape index (κ2) is 7.47. The predicted molar refractivity (Wildman–Crippen MR) is 81.3 cm³/mol. The number of hydrogen-bond acceptors (Lipinski definition) is 5. The summed E-state index contributed by atoms with van der Waals surface area (Å²) >= 11 is 0. The molecule has 0 bridgehead atoms. The van der Waals surface area contributed by atoms with Crippen LogP contribution in [0.4, 0.5) is 11.4 Å². The third-order valence-electron chi connectivity index (χ3n) is 2.64. The molecule has 114 valence electrons. The van der Waals surface area contributed by atoms with Crippen molar-refractivity contribution in [2.24, 2.45) is 0 Å². The van der Waals surface area contributed by atoms with E-state index in [1.165, 1.54) is 12.1 Å². The molecule has 20 heavy (non-hydrogen) atoms. The zero-order valence-electron chi connectivity index (χ0n) is 12.1. The van der Waals surface area contributed by atoms with Crippen LogP contribution in [0.3, 0.4) is 0 Å². The van der Waals surface area contributed by atoms with Gasteiger partial charge in [0, 0.05) is 19.2 Å². The molecule has 0 aliphatic heterocycles. The Morgan fingerprint density at radius 3 is 2.65 bits per heavy atom. The lowest BCUT2D eigenvalue weighted by atomic mass is 10.2. The Kier molecular flexibility index (Phi) is 6.25. The van der Waals surface area contributed by atoms with Crippen molar-refractivity contribution in [3.05, 3.63) is 18.2 Å². The van der Waals surface area contributed by atoms with E-state index in [0.29, 0.717) is 31.1 Å². The first kappa shape index (κ1) is 16.7. The summed E-state index contributed by atoms with van der Waals surface area (Å²) in [6.45, 7) is 7.11. The summed E-state index contributed by atoms with van der Waals surface area (Å²) in [6.07, 6.45) is 0. The molecule has 0 aromatic heterocycles. The number of nitrogens with one attached hydrogen (secondary N) is 2. The second-order valence-corrected chi connectivity index (χ2v) is 6.22. The largest absolute Gasteiger partial charge is 0.397 e. The second-order valence-electron chi connectivity index (χ2n) is 4.46. The SMILES string of the molecule is CCNS(=O)(=O)c1ccc(N)c(NC(C)COCC)c1. The zero-order chi connectivity index (χ0) is 15.2. The van der Waals surface area contributed by atoms with Gasteiger partial charge in [-0.25, -0.2) is 13.1 Å². The van der Waals surface area contributed by atoms with Crippen LogP contribution in [-0.2, 0) is 14.8 Å². The van der Waals surface area contributed by atoms with Crippen molar-refractivity contribution >= 4 is 21.4 Å². The minimum absolute atomic E-state index is 0.0364. The Hall–Kier alpha value is -1.31. The van der Waals surface area contributed by atoms with Crippen LogP contribution >= 0.6 is 0 Å². The van der Waals surface area contributed by atoms with Crippen molar-refractivity contribution in [1.29, 1.82) is 0 Å². The maximum atomic E-state index is 11.9. The van der Waals surface area contributed by atoms with Crippen molar-refractivity contribution in [1.82, 2.24) is 4.72 Å². The third-order valence-corrected chi connectivity index (χ3v) is 4.19. The van der Waals surface area contributed by atoms with Crippen molar-refractivity contribution in [3.8, 4) is 0 Å². The standard InChI is InChI=1S/C13H23N3O3S/c1-4-15-20(17,18)11-6-7-12(14)13(8-11)16-10(3)9-19-5-2/h6-8,10,15-16H,4-5,9,14H2,1-3H3. The maximum Gasteiger partial charge on any atom is 0.240 e. The summed E-state index contributed by atoms with van der Waals surface area (Å²) in [5.74, 6) is 0. The number of nitrogens with two attached hydrogens (primary N) is 1. The summed E-state index contributed by atoms with van der Waals surface area (Å²) in [5, 5.41) is 3.16. The van der Waals surface area contributed by atoms with Gasteiger partial charge in [0.15, 0.2) is 0 Å². The lowest BCUT2D eigenvalue weighted by Gasteiger charge is -2.17. The van der Waals surface area contributed by atoms with E-state index in [4.69, 9.17) is 10.5 Å². The molecule has 1 aromatic rings. The van der Waals surface area contributed by atoms with Crippen LogP contribution in [0.5, 0.6) is 0 Å². The minimum Gasteiger partial charge on any atom is -0.397 e. The van der Waals surface area contributed by atoms with Gasteiger partial charge in [0.1, 0.15) is 0 Å². The summed E-state index contributed by atoms with van der Waals surface area (Å²) in [4.78, 5) is 0.194. The van der Waals surface area contributed by atoms with Crippen LogP contribution in [0, 0.1) is 0 Å². The lowest BCUT2D eigenvalue weighted by Crippen LogP contribution is -2.25. The van der Waals surface area contributed by atoms with Crippen molar-refractivity contribution in [2.75, 3.05) is 30.8 Å². The van der Waals surface area contributed by atoms with Crippen LogP contribution in [0.15, 0.2) is 23.1 Å². The van der Waals surface area contributed by atoms with Gasteiger partial charge in [-0.3, -0.25) is 0 Å². The van der Waals surface area contributed by atoms with Gasteiger partial charge in [0.2, 0.25) is 10.0 Å². The highest BCUT2D eigenvalue weighted by Crippen LogP contribution is 2.23. The minimum atomic E-state index is -3.48. The number of anilines is 2. The quantitative estimate of drug-likeness (QED) is 0.631. The van der Waals surface area contributed by atoms with Crippen LogP contribution in [0.25, 0.3) is 0 Å². The Balaban J connectivity index is 2.92. The molecule has 0 heterocycles. The molecule has 4 N–H and O–H groups in total. The number of benzene rings is 1. The highest BCUT2D eigenvalue weighted by molar-refractivity contribution is 7.89. The number of nitrogen functional groups attached to an aromatic ring is 1. The van der Waals surface area contributed by atoms with Crippen LogP contribution in [-0.4, -0.2) is 34.2 Å². The molecule has 0 radical (unpaired) electrons. The first-order valence-electron chi connectivity index (χ1n) is 6.64. The van der Waals surface area contributed by atoms with E-state index in [0.717, 1.165) is 0 Å². The molecule has 7 heteroatoms. The molecule has 1 unspecified atom stereocenters. The Bertz CT molecular complexity index is 532. The first-order chi connectivity index (χ1) is 9.40. The van der Waals surface area contributed by atoms with Crippen LogP contribution in [0.2, 0.25) is 0 Å². The maximum absolute atomic E-state index is 11.9. The molecule has 1 aromatic carbocycles. The summed E-state index contributed by atoms with van der Waals surface area (Å²) in [6, 6.07) is 4.65. The van der Waals surface area contributed by atoms with Crippen LogP contribution in [0.1, 0.15) is 20.8 Å². The predicted octanol–water partition coefficient (Wildman–Crippen LogP) is 1.40. The molecule has 0 amide bonds. The van der Waals surface area contributed by atoms with E-state index < -0.39 is 10.0 Å². The summed E-state index contributed by atoms with van der Waals surface area (Å²) in [7, 11) is -3.48. The van der Waals surface area contributed by atoms with Crippen molar-refractivity contribution < 1.29 is 13.2 Å². The number of ether oxygens (including phenoxy) is 1. The Morgan fingerprint density at radius 2 is 2.05 bits per heavy atom. The van der Waals surface area contributed by atoms with E-state index in [9.17, 15) is 8.42 Å². The molecule has 0 aliphatic carbocycles. The smallest absolute Gasteiger partial charge is 0.240 e. The lowest BCUT2D eigenvalue weighted by molar-refractivity contribution is 0.141. The van der Waals surface area contributed by atoms with Gasteiger partial charge in [-0.2, -0.15) is 0 Å². The van der Waals surface area contributed by atoms with Crippen molar-refractivity contribution in [2.45, 2.75) is 31.7 Å². The molecular formula is C13H23N3O3S. The van der Waals surface area contributed by atoms with Crippen LogP contribution < -0.4 is 15.8 Å². The Morgan fingerprint density at radius 1 is 1.35 bits per heavy atom. The van der Waals surface area contributed by atoms with Crippen molar-refractivity contribution in [3.63, 3.8) is 0 Å². The summed E-state index contributed by atoms with van der Waals surface area (Å²) in [5.41, 5.74) is 6.96. The topological polar surface area (TPSA) is 93.5 Å². The van der Waals surface area contributed by atoms with E-state index in [-0.39, 0.29) is 10.9 Å². The fourth-order valence-corrected chi connectivity index (χ4v) is 2.77. The van der Waals surface area contributed by atoms with Gasteiger partial charge in [0.05, 0.1) is 22.9 Å². The normalized spacial score (nSPS) is 13.2. The number of rotatable bonds is 8. The third kappa shape index (κ3) is 4.66. The fraction of sp³-hybridized carbons (Fsp3) is 0.538. The van der Waals surface area contributed by atoms with E-state index in [1.807, 2.05) is 13.8 Å². The average Bonchev–Trinajstić information content (AvgIpc) is 2.38. The zero-order valence-corrected chi connectivity index (χ0v) is 13.0.